The monoisotopic (exact) mass is 406 g/mol. The molecule has 29 heavy (non-hydrogen) atoms. The summed E-state index contributed by atoms with van der Waals surface area (Å²) in [7, 11) is 0. The van der Waals surface area contributed by atoms with Crippen LogP contribution in [0.3, 0.4) is 0 Å². The number of ether oxygens (including phenoxy) is 1. The molecular formula is C21H18F4N2O2. The van der Waals surface area contributed by atoms with Crippen LogP contribution in [0, 0.1) is 5.82 Å². The van der Waals surface area contributed by atoms with Gasteiger partial charge in [0.05, 0.1) is 17.2 Å². The minimum absolute atomic E-state index is 0.0668. The molecule has 8 heteroatoms. The van der Waals surface area contributed by atoms with Gasteiger partial charge in [-0.3, -0.25) is 4.79 Å². The Bertz CT molecular complexity index is 1050. The molecule has 0 spiro atoms. The van der Waals surface area contributed by atoms with Gasteiger partial charge in [0.15, 0.2) is 0 Å². The average Bonchev–Trinajstić information content (AvgIpc) is 2.63. The predicted molar refractivity (Wildman–Crippen MR) is 100 cm³/mol. The summed E-state index contributed by atoms with van der Waals surface area (Å²) in [5.41, 5.74) is -1.33. The van der Waals surface area contributed by atoms with Crippen molar-refractivity contribution < 1.29 is 27.1 Å². The largest absolute Gasteiger partial charge is 0.474 e. The van der Waals surface area contributed by atoms with E-state index in [2.05, 4.69) is 10.3 Å². The number of aromatic nitrogens is 1. The van der Waals surface area contributed by atoms with Gasteiger partial charge in [-0.15, -0.1) is 0 Å². The number of nitrogens with zero attached hydrogens (tertiary/aromatic N) is 1. The van der Waals surface area contributed by atoms with E-state index in [1.807, 2.05) is 0 Å². The van der Waals surface area contributed by atoms with Crippen molar-refractivity contribution in [2.45, 2.75) is 32.7 Å². The van der Waals surface area contributed by atoms with E-state index in [-0.39, 0.29) is 17.4 Å². The molecule has 1 amide bonds. The molecule has 0 aliphatic heterocycles. The molecule has 3 aromatic rings. The topological polar surface area (TPSA) is 51.2 Å². The second kappa shape index (κ2) is 8.06. The lowest BCUT2D eigenvalue weighted by Crippen LogP contribution is -2.28. The van der Waals surface area contributed by atoms with Crippen LogP contribution in [0.4, 0.5) is 17.6 Å². The molecule has 2 aromatic carbocycles. The molecule has 0 bridgehead atoms. The van der Waals surface area contributed by atoms with Gasteiger partial charge < -0.3 is 10.1 Å². The zero-order valence-corrected chi connectivity index (χ0v) is 15.7. The van der Waals surface area contributed by atoms with E-state index in [1.165, 1.54) is 36.4 Å². The first-order chi connectivity index (χ1) is 13.7. The molecule has 1 N–H and O–H groups in total. The molecule has 4 nitrogen and oxygen atoms in total. The van der Waals surface area contributed by atoms with Crippen LogP contribution in [0.1, 0.15) is 35.3 Å². The Hall–Kier alpha value is -3.16. The summed E-state index contributed by atoms with van der Waals surface area (Å²) in [6, 6.07) is 11.1. The van der Waals surface area contributed by atoms with E-state index in [9.17, 15) is 22.4 Å². The maximum atomic E-state index is 14.0. The number of carbonyl (C=O) groups is 1. The Morgan fingerprint density at radius 3 is 2.52 bits per heavy atom. The van der Waals surface area contributed by atoms with E-state index in [0.717, 1.165) is 0 Å². The highest BCUT2D eigenvalue weighted by molar-refractivity contribution is 6.03. The zero-order valence-electron chi connectivity index (χ0n) is 15.7. The van der Waals surface area contributed by atoms with Crippen molar-refractivity contribution in [1.82, 2.24) is 10.3 Å². The number of benzene rings is 2. The molecule has 1 heterocycles. The van der Waals surface area contributed by atoms with E-state index >= 15 is 0 Å². The van der Waals surface area contributed by atoms with Gasteiger partial charge in [0.25, 0.3) is 5.91 Å². The first kappa shape index (κ1) is 20.6. The molecule has 0 unspecified atom stereocenters. The van der Waals surface area contributed by atoms with Crippen LogP contribution in [0.2, 0.25) is 0 Å². The normalized spacial score (nSPS) is 11.7. The lowest BCUT2D eigenvalue weighted by Gasteiger charge is -2.20. The number of para-hydroxylation sites is 1. The number of nitrogens with one attached hydrogen (secondary N) is 1. The van der Waals surface area contributed by atoms with Crippen LogP contribution in [-0.4, -0.2) is 17.0 Å². The van der Waals surface area contributed by atoms with Crippen molar-refractivity contribution in [3.05, 3.63) is 71.0 Å². The average molecular weight is 406 g/mol. The predicted octanol–water partition coefficient (Wildman–Crippen LogP) is 5.11. The van der Waals surface area contributed by atoms with Crippen molar-refractivity contribution in [2.75, 3.05) is 0 Å². The lowest BCUT2D eigenvalue weighted by atomic mass is 10.0. The fraction of sp³-hybridized carbons (Fsp3) is 0.238. The highest BCUT2D eigenvalue weighted by Crippen LogP contribution is 2.40. The van der Waals surface area contributed by atoms with Crippen LogP contribution in [-0.2, 0) is 12.7 Å². The number of hydrogen-bond donors (Lipinski definition) is 1. The summed E-state index contributed by atoms with van der Waals surface area (Å²) in [6.45, 7) is 3.10. The Labute approximate surface area is 164 Å². The number of halogens is 4. The molecule has 0 saturated heterocycles. The summed E-state index contributed by atoms with van der Waals surface area (Å²) >= 11 is 0. The maximum absolute atomic E-state index is 14.0. The van der Waals surface area contributed by atoms with Crippen molar-refractivity contribution in [2.24, 2.45) is 0 Å². The molecule has 0 aliphatic rings. The molecule has 0 saturated carbocycles. The van der Waals surface area contributed by atoms with E-state index in [1.54, 1.807) is 26.0 Å². The summed E-state index contributed by atoms with van der Waals surface area (Å²) < 4.78 is 60.7. The highest BCUT2D eigenvalue weighted by Gasteiger charge is 2.40. The molecule has 152 valence electrons. The fourth-order valence-electron chi connectivity index (χ4n) is 2.92. The minimum atomic E-state index is -4.82. The first-order valence-electron chi connectivity index (χ1n) is 8.86. The zero-order chi connectivity index (χ0) is 21.2. The second-order valence-corrected chi connectivity index (χ2v) is 6.66. The number of fused-ring (bicyclic) bond motifs is 1. The summed E-state index contributed by atoms with van der Waals surface area (Å²) in [5.74, 6) is -1.91. The number of rotatable bonds is 5. The van der Waals surface area contributed by atoms with Crippen molar-refractivity contribution in [1.29, 1.82) is 0 Å². The fourth-order valence-corrected chi connectivity index (χ4v) is 2.92. The van der Waals surface area contributed by atoms with Crippen LogP contribution in [0.5, 0.6) is 5.88 Å². The number of carbonyl (C=O) groups excluding carboxylic acids is 1. The van der Waals surface area contributed by atoms with Gasteiger partial charge in [0.1, 0.15) is 11.4 Å². The second-order valence-electron chi connectivity index (χ2n) is 6.66. The van der Waals surface area contributed by atoms with Crippen molar-refractivity contribution >= 4 is 16.8 Å². The summed E-state index contributed by atoms with van der Waals surface area (Å²) in [5, 5.41) is 2.21. The van der Waals surface area contributed by atoms with E-state index < -0.39 is 41.0 Å². The van der Waals surface area contributed by atoms with Crippen LogP contribution >= 0.6 is 0 Å². The van der Waals surface area contributed by atoms with Gasteiger partial charge in [0.2, 0.25) is 5.88 Å². The molecular weight excluding hydrogens is 388 g/mol. The molecule has 0 fully saturated rings. The Balaban J connectivity index is 2.11. The third-order valence-corrected chi connectivity index (χ3v) is 4.06. The standard InChI is InChI=1S/C21H18F4N2O2/c1-12(2)29-20-17(19(28)26-11-13-6-5-7-14(22)10-13)18(21(23,24)25)15-8-3-4-9-16(15)27-20/h3-10,12H,11H2,1-2H3,(H,26,28). The minimum Gasteiger partial charge on any atom is -0.474 e. The Morgan fingerprint density at radius 2 is 1.86 bits per heavy atom. The SMILES string of the molecule is CC(C)Oc1nc2ccccc2c(C(F)(F)F)c1C(=O)NCc1cccc(F)c1. The van der Waals surface area contributed by atoms with Gasteiger partial charge in [-0.2, -0.15) is 13.2 Å². The number of hydrogen-bond acceptors (Lipinski definition) is 3. The van der Waals surface area contributed by atoms with Crippen molar-refractivity contribution in [3.63, 3.8) is 0 Å². The lowest BCUT2D eigenvalue weighted by molar-refractivity contribution is -0.136. The third kappa shape index (κ3) is 4.64. The summed E-state index contributed by atoms with van der Waals surface area (Å²) in [4.78, 5) is 16.9. The summed E-state index contributed by atoms with van der Waals surface area (Å²) in [6.07, 6.45) is -5.32. The molecule has 0 radical (unpaired) electrons. The number of alkyl halides is 3. The van der Waals surface area contributed by atoms with Gasteiger partial charge >= 0.3 is 6.18 Å². The highest BCUT2D eigenvalue weighted by atomic mass is 19.4. The molecule has 3 rings (SSSR count). The first-order valence-corrected chi connectivity index (χ1v) is 8.86. The van der Waals surface area contributed by atoms with Gasteiger partial charge in [-0.05, 0) is 37.6 Å². The molecule has 0 aliphatic carbocycles. The van der Waals surface area contributed by atoms with Gasteiger partial charge in [-0.1, -0.05) is 30.3 Å². The van der Waals surface area contributed by atoms with Crippen LogP contribution in [0.25, 0.3) is 10.9 Å². The Kier molecular flexibility index (Phi) is 5.72. The van der Waals surface area contributed by atoms with E-state index in [4.69, 9.17) is 4.74 Å². The molecule has 0 atom stereocenters. The maximum Gasteiger partial charge on any atom is 0.418 e. The Morgan fingerprint density at radius 1 is 1.14 bits per heavy atom. The van der Waals surface area contributed by atoms with Gasteiger partial charge in [-0.25, -0.2) is 9.37 Å². The van der Waals surface area contributed by atoms with E-state index in [0.29, 0.717) is 5.56 Å². The quantitative estimate of drug-likeness (QED) is 0.599. The third-order valence-electron chi connectivity index (χ3n) is 4.06. The van der Waals surface area contributed by atoms with Crippen molar-refractivity contribution in [3.8, 4) is 5.88 Å². The van der Waals surface area contributed by atoms with Gasteiger partial charge in [0, 0.05) is 11.9 Å². The van der Waals surface area contributed by atoms with Crippen LogP contribution < -0.4 is 10.1 Å². The smallest absolute Gasteiger partial charge is 0.418 e. The molecule has 1 aromatic heterocycles. The number of amides is 1. The number of pyridine rings is 1. The van der Waals surface area contributed by atoms with Crippen LogP contribution in [0.15, 0.2) is 48.5 Å².